The summed E-state index contributed by atoms with van der Waals surface area (Å²) in [6, 6.07) is 18.2. The van der Waals surface area contributed by atoms with Crippen molar-refractivity contribution >= 4 is 12.2 Å². The lowest BCUT2D eigenvalue weighted by molar-refractivity contribution is -0.143. The maximum Gasteiger partial charge on any atom is 0.416 e. The highest BCUT2D eigenvalue weighted by Gasteiger charge is 2.54. The van der Waals surface area contributed by atoms with E-state index in [4.69, 9.17) is 14.2 Å². The fraction of sp³-hybridized carbons (Fsp3) is 0.355. The lowest BCUT2D eigenvalue weighted by Crippen LogP contribution is -2.63. The summed E-state index contributed by atoms with van der Waals surface area (Å²) >= 11 is 0. The molecule has 44 heavy (non-hydrogen) atoms. The molecule has 1 N–H and O–H groups in total. The maximum atomic E-state index is 13.7. The van der Waals surface area contributed by atoms with E-state index in [-0.39, 0.29) is 37.8 Å². The van der Waals surface area contributed by atoms with E-state index in [0.717, 1.165) is 0 Å². The molecule has 4 atom stereocenters. The van der Waals surface area contributed by atoms with Gasteiger partial charge in [0.1, 0.15) is 12.7 Å². The summed E-state index contributed by atoms with van der Waals surface area (Å²) in [5.41, 5.74) is -3.39. The van der Waals surface area contributed by atoms with Gasteiger partial charge in [-0.15, -0.1) is 0 Å². The molecule has 234 valence electrons. The van der Waals surface area contributed by atoms with Crippen LogP contribution in [0.25, 0.3) is 0 Å². The number of ether oxygens (including phenoxy) is 3. The third kappa shape index (κ3) is 6.62. The second-order valence-corrected chi connectivity index (χ2v) is 10.7. The molecule has 3 aromatic carbocycles. The summed E-state index contributed by atoms with van der Waals surface area (Å²) < 4.78 is 98.4. The molecular weight excluding hydrogens is 594 g/mol. The number of fused-ring (bicyclic) bond motifs is 1. The monoisotopic (exact) mass is 622 g/mol. The highest BCUT2D eigenvalue weighted by molar-refractivity contribution is 5.73. The Balaban J connectivity index is 1.50. The fourth-order valence-corrected chi connectivity index (χ4v) is 5.52. The van der Waals surface area contributed by atoms with Gasteiger partial charge in [0.2, 0.25) is 0 Å². The van der Waals surface area contributed by atoms with Crippen molar-refractivity contribution in [2.45, 2.75) is 56.1 Å². The van der Waals surface area contributed by atoms with E-state index in [1.165, 1.54) is 11.8 Å². The van der Waals surface area contributed by atoms with Crippen molar-refractivity contribution in [3.63, 3.8) is 0 Å². The molecule has 2 aliphatic heterocycles. The van der Waals surface area contributed by atoms with Crippen molar-refractivity contribution in [3.05, 3.63) is 107 Å². The molecule has 0 spiro atoms. The first-order valence-electron chi connectivity index (χ1n) is 13.7. The molecule has 7 nitrogen and oxygen atoms in total. The zero-order valence-corrected chi connectivity index (χ0v) is 23.3. The lowest BCUT2D eigenvalue weighted by atomic mass is 9.78. The van der Waals surface area contributed by atoms with Crippen molar-refractivity contribution in [2.24, 2.45) is 0 Å². The number of nitrogens with zero attached hydrogens (tertiary/aromatic N) is 1. The number of likely N-dealkylation sites (tertiary alicyclic amines) is 1. The second-order valence-electron chi connectivity index (χ2n) is 10.7. The number of piperidine rings is 1. The van der Waals surface area contributed by atoms with Gasteiger partial charge < -0.3 is 19.5 Å². The second kappa shape index (κ2) is 12.0. The van der Waals surface area contributed by atoms with Gasteiger partial charge in [0.25, 0.3) is 0 Å². The zero-order valence-electron chi connectivity index (χ0n) is 23.3. The summed E-state index contributed by atoms with van der Waals surface area (Å²) in [7, 11) is 0. The normalized spacial score (nSPS) is 22.5. The van der Waals surface area contributed by atoms with Crippen LogP contribution < -0.4 is 5.32 Å². The number of carbonyl (C=O) groups excluding carboxylic acids is 2. The Labute approximate surface area is 248 Å². The minimum absolute atomic E-state index is 0.0178. The Hall–Kier alpha value is -4.26. The van der Waals surface area contributed by atoms with Crippen molar-refractivity contribution in [1.82, 2.24) is 10.2 Å². The predicted molar refractivity (Wildman–Crippen MR) is 144 cm³/mol. The molecular formula is C31H28F6N2O5. The van der Waals surface area contributed by atoms with E-state index in [0.29, 0.717) is 23.3 Å². The number of benzene rings is 3. The Bertz CT molecular complexity index is 1450. The number of carbonyl (C=O) groups is 2. The number of rotatable bonds is 7. The van der Waals surface area contributed by atoms with Crippen molar-refractivity contribution in [3.8, 4) is 0 Å². The molecule has 5 rings (SSSR count). The molecule has 2 unspecified atom stereocenters. The van der Waals surface area contributed by atoms with Gasteiger partial charge in [-0.25, -0.2) is 9.59 Å². The Morgan fingerprint density at radius 2 is 1.57 bits per heavy atom. The van der Waals surface area contributed by atoms with Crippen molar-refractivity contribution < 1.29 is 50.1 Å². The highest BCUT2D eigenvalue weighted by atomic mass is 19.4. The summed E-state index contributed by atoms with van der Waals surface area (Å²) in [5.74, 6) is 0. The van der Waals surface area contributed by atoms with Gasteiger partial charge >= 0.3 is 24.5 Å². The number of amides is 2. The van der Waals surface area contributed by atoms with Gasteiger partial charge in [-0.1, -0.05) is 60.7 Å². The molecule has 0 saturated carbocycles. The molecule has 2 saturated heterocycles. The third-order valence-electron chi connectivity index (χ3n) is 7.83. The van der Waals surface area contributed by atoms with Crippen LogP contribution in [0.5, 0.6) is 0 Å². The molecule has 0 radical (unpaired) electrons. The van der Waals surface area contributed by atoms with Crippen molar-refractivity contribution in [1.29, 1.82) is 0 Å². The van der Waals surface area contributed by atoms with Crippen molar-refractivity contribution in [2.75, 3.05) is 13.2 Å². The van der Waals surface area contributed by atoms with Gasteiger partial charge in [-0.2, -0.15) is 26.3 Å². The summed E-state index contributed by atoms with van der Waals surface area (Å²) in [6.45, 7) is 0.838. The molecule has 0 aromatic heterocycles. The van der Waals surface area contributed by atoms with Crippen LogP contribution in [-0.4, -0.2) is 42.4 Å². The van der Waals surface area contributed by atoms with Gasteiger partial charge in [0, 0.05) is 13.0 Å². The van der Waals surface area contributed by atoms with Crippen LogP contribution in [0, 0.1) is 0 Å². The van der Waals surface area contributed by atoms with E-state index in [9.17, 15) is 35.9 Å². The Morgan fingerprint density at radius 1 is 0.977 bits per heavy atom. The third-order valence-corrected chi connectivity index (χ3v) is 7.83. The van der Waals surface area contributed by atoms with Gasteiger partial charge in [-0.05, 0) is 41.8 Å². The standard InChI is InChI=1S/C31H28F6N2O5/c1-19(21-12-23(30(32,33)34)14-24(13-21)31(35,36)37)43-18-29(22-10-6-3-7-11-22)15-26-25(38-27(40)44-26)16-39(29)28(41)42-17-20-8-4-2-5-9-20/h2-14,19,25-26H,15-18H2,1H3,(H,38,40)/t19-,25?,26-,29?/m1/s1. The molecule has 3 aromatic rings. The largest absolute Gasteiger partial charge is 0.445 e. The Morgan fingerprint density at radius 3 is 2.16 bits per heavy atom. The average molecular weight is 623 g/mol. The van der Waals surface area contributed by atoms with E-state index >= 15 is 0 Å². The smallest absolute Gasteiger partial charge is 0.416 e. The minimum atomic E-state index is -5.03. The topological polar surface area (TPSA) is 77.1 Å². The van der Waals surface area contributed by atoms with Crippen LogP contribution >= 0.6 is 0 Å². The molecule has 2 fully saturated rings. The number of nitrogens with one attached hydrogen (secondary N) is 1. The van der Waals surface area contributed by atoms with Crippen LogP contribution in [0.3, 0.4) is 0 Å². The Kier molecular flexibility index (Phi) is 8.52. The molecule has 2 aliphatic rings. The molecule has 0 bridgehead atoms. The van der Waals surface area contributed by atoms with Gasteiger partial charge in [-0.3, -0.25) is 4.90 Å². The molecule has 2 amide bonds. The first kappa shape index (κ1) is 31.2. The first-order valence-corrected chi connectivity index (χ1v) is 13.7. The van der Waals surface area contributed by atoms with Crippen LogP contribution in [0.15, 0.2) is 78.9 Å². The maximum absolute atomic E-state index is 13.7. The molecule has 13 heteroatoms. The molecule has 0 aliphatic carbocycles. The van der Waals surface area contributed by atoms with Crippen LogP contribution in [0.2, 0.25) is 0 Å². The SMILES string of the molecule is C[C@@H](OCC1(c2ccccc2)C[C@H]2OC(=O)NC2CN1C(=O)OCc1ccccc1)c1cc(C(F)(F)F)cc(C(F)(F)F)c1. The summed E-state index contributed by atoms with van der Waals surface area (Å²) in [4.78, 5) is 27.2. The number of hydrogen-bond acceptors (Lipinski definition) is 5. The quantitative estimate of drug-likeness (QED) is 0.282. The molecule has 2 heterocycles. The van der Waals surface area contributed by atoms with E-state index in [1.54, 1.807) is 60.7 Å². The predicted octanol–water partition coefficient (Wildman–Crippen LogP) is 7.22. The van der Waals surface area contributed by atoms with E-state index in [2.05, 4.69) is 5.32 Å². The van der Waals surface area contributed by atoms with Crippen LogP contribution in [-0.2, 0) is 38.7 Å². The fourth-order valence-electron chi connectivity index (χ4n) is 5.52. The van der Waals surface area contributed by atoms with E-state index in [1.807, 2.05) is 0 Å². The van der Waals surface area contributed by atoms with Crippen LogP contribution in [0.4, 0.5) is 35.9 Å². The minimum Gasteiger partial charge on any atom is -0.445 e. The number of alkyl halides is 6. The number of alkyl carbamates (subject to hydrolysis) is 1. The van der Waals surface area contributed by atoms with Gasteiger partial charge in [0.15, 0.2) is 0 Å². The summed E-state index contributed by atoms with van der Waals surface area (Å²) in [6.07, 6.45) is -13.4. The lowest BCUT2D eigenvalue weighted by Gasteiger charge is -2.49. The van der Waals surface area contributed by atoms with E-state index < -0.39 is 59.5 Å². The summed E-state index contributed by atoms with van der Waals surface area (Å²) in [5, 5.41) is 2.67. The zero-order chi connectivity index (χ0) is 31.7. The first-order chi connectivity index (χ1) is 20.8. The highest BCUT2D eigenvalue weighted by Crippen LogP contribution is 2.43. The van der Waals surface area contributed by atoms with Crippen LogP contribution in [0.1, 0.15) is 47.3 Å². The number of hydrogen-bond donors (Lipinski definition) is 1. The number of halogens is 6. The average Bonchev–Trinajstić information content (AvgIpc) is 3.36. The van der Waals surface area contributed by atoms with Gasteiger partial charge in [0.05, 0.1) is 35.4 Å².